The van der Waals surface area contributed by atoms with Gasteiger partial charge in [0, 0.05) is 12.6 Å². The largest absolute Gasteiger partial charge is 0.393 e. The van der Waals surface area contributed by atoms with E-state index in [2.05, 4.69) is 30.8 Å². The van der Waals surface area contributed by atoms with Gasteiger partial charge in [-0.3, -0.25) is 4.79 Å². The third-order valence-corrected chi connectivity index (χ3v) is 5.95. The Morgan fingerprint density at radius 2 is 1.87 bits per heavy atom. The molecule has 23 heavy (non-hydrogen) atoms. The third kappa shape index (κ3) is 2.83. The molecule has 3 nitrogen and oxygen atoms in total. The molecule has 3 fully saturated rings. The number of rotatable bonds is 5. The Kier molecular flexibility index (Phi) is 3.56. The van der Waals surface area contributed by atoms with Crippen LogP contribution in [0.3, 0.4) is 0 Å². The van der Waals surface area contributed by atoms with Crippen LogP contribution in [0.2, 0.25) is 0 Å². The Morgan fingerprint density at radius 3 is 2.39 bits per heavy atom. The van der Waals surface area contributed by atoms with Gasteiger partial charge in [0.2, 0.25) is 5.91 Å². The lowest BCUT2D eigenvalue weighted by atomic mass is 9.52. The maximum Gasteiger partial charge on any atom is 0.246 e. The second-order valence-electron chi connectivity index (χ2n) is 7.81. The van der Waals surface area contributed by atoms with Crippen LogP contribution in [-0.2, 0) is 11.3 Å². The van der Waals surface area contributed by atoms with E-state index in [9.17, 15) is 9.90 Å². The summed E-state index contributed by atoms with van der Waals surface area (Å²) >= 11 is 0. The van der Waals surface area contributed by atoms with Gasteiger partial charge in [-0.1, -0.05) is 30.8 Å². The van der Waals surface area contributed by atoms with E-state index < -0.39 is 0 Å². The molecule has 0 heterocycles. The van der Waals surface area contributed by atoms with Crippen LogP contribution < -0.4 is 0 Å². The van der Waals surface area contributed by atoms with Gasteiger partial charge in [-0.25, -0.2) is 0 Å². The van der Waals surface area contributed by atoms with Gasteiger partial charge in [-0.15, -0.1) is 0 Å². The minimum Gasteiger partial charge on any atom is -0.393 e. The van der Waals surface area contributed by atoms with Crippen LogP contribution in [0.5, 0.6) is 0 Å². The molecule has 4 rings (SSSR count). The van der Waals surface area contributed by atoms with Crippen molar-refractivity contribution < 1.29 is 9.90 Å². The van der Waals surface area contributed by atoms with E-state index >= 15 is 0 Å². The highest BCUT2D eigenvalue weighted by Gasteiger charge is 2.54. The second-order valence-corrected chi connectivity index (χ2v) is 7.81. The topological polar surface area (TPSA) is 40.5 Å². The zero-order chi connectivity index (χ0) is 16.0. The molecule has 1 N–H and O–H groups in total. The molecular formula is C20H25NO2. The molecule has 0 unspecified atom stereocenters. The van der Waals surface area contributed by atoms with Crippen molar-refractivity contribution in [2.45, 2.75) is 63.1 Å². The first-order chi connectivity index (χ1) is 11.1. The van der Waals surface area contributed by atoms with Gasteiger partial charge < -0.3 is 10.0 Å². The van der Waals surface area contributed by atoms with Gasteiger partial charge in [0.15, 0.2) is 0 Å². The summed E-state index contributed by atoms with van der Waals surface area (Å²) in [6.45, 7) is 4.33. The second kappa shape index (κ2) is 5.48. The van der Waals surface area contributed by atoms with Crippen molar-refractivity contribution in [3.8, 4) is 0 Å². The summed E-state index contributed by atoms with van der Waals surface area (Å²) in [6, 6.07) is 9.07. The summed E-state index contributed by atoms with van der Waals surface area (Å²) in [6.07, 6.45) is 7.83. The lowest BCUT2D eigenvalue weighted by Gasteiger charge is -2.58. The highest BCUT2D eigenvalue weighted by molar-refractivity contribution is 5.87. The summed E-state index contributed by atoms with van der Waals surface area (Å²) in [5.41, 5.74) is 2.94. The Balaban J connectivity index is 1.42. The van der Waals surface area contributed by atoms with Crippen LogP contribution in [0.1, 0.15) is 55.6 Å². The monoisotopic (exact) mass is 311 g/mol. The first-order valence-electron chi connectivity index (χ1n) is 8.78. The van der Waals surface area contributed by atoms with E-state index in [1.165, 1.54) is 30.0 Å². The van der Waals surface area contributed by atoms with Crippen LogP contribution in [0.15, 0.2) is 36.9 Å². The predicted octanol–water partition coefficient (Wildman–Crippen LogP) is 3.38. The van der Waals surface area contributed by atoms with Crippen molar-refractivity contribution in [3.63, 3.8) is 0 Å². The minimum atomic E-state index is -0.116. The summed E-state index contributed by atoms with van der Waals surface area (Å²) in [4.78, 5) is 14.2. The third-order valence-electron chi connectivity index (χ3n) is 5.95. The number of nitrogens with zero attached hydrogens (tertiary/aromatic N) is 1. The van der Waals surface area contributed by atoms with E-state index in [-0.39, 0.29) is 12.0 Å². The molecule has 0 aliphatic heterocycles. The first kappa shape index (κ1) is 14.9. The summed E-state index contributed by atoms with van der Waals surface area (Å²) in [5, 5.41) is 9.54. The number of aliphatic hydroxyl groups is 1. The fraction of sp³-hybridized carbons (Fsp3) is 0.550. The predicted molar refractivity (Wildman–Crippen MR) is 89.9 cm³/mol. The number of benzene rings is 1. The average molecular weight is 311 g/mol. The SMILES string of the molecule is C=CC(=O)N(Cc1ccc(C2CC2)cc1)C1CC2(CC(O)C2)C1. The number of hydrogen-bond acceptors (Lipinski definition) is 2. The molecular weight excluding hydrogens is 286 g/mol. The van der Waals surface area contributed by atoms with Crippen molar-refractivity contribution in [1.29, 1.82) is 0 Å². The Hall–Kier alpha value is -1.61. The molecule has 3 saturated carbocycles. The van der Waals surface area contributed by atoms with Gasteiger partial charge in [0.05, 0.1) is 6.10 Å². The zero-order valence-electron chi connectivity index (χ0n) is 13.6. The minimum absolute atomic E-state index is 0.0241. The molecule has 0 saturated heterocycles. The molecule has 1 amide bonds. The van der Waals surface area contributed by atoms with Crippen LogP contribution in [0.25, 0.3) is 0 Å². The van der Waals surface area contributed by atoms with Gasteiger partial charge in [-0.05, 0) is 67.1 Å². The van der Waals surface area contributed by atoms with E-state index in [4.69, 9.17) is 0 Å². The highest BCUT2D eigenvalue weighted by Crippen LogP contribution is 2.57. The van der Waals surface area contributed by atoms with E-state index in [1.54, 1.807) is 0 Å². The summed E-state index contributed by atoms with van der Waals surface area (Å²) in [5.74, 6) is 0.794. The van der Waals surface area contributed by atoms with Crippen molar-refractivity contribution in [3.05, 3.63) is 48.0 Å². The first-order valence-corrected chi connectivity index (χ1v) is 8.78. The van der Waals surface area contributed by atoms with Crippen LogP contribution in [0, 0.1) is 5.41 Å². The number of amides is 1. The molecule has 0 bridgehead atoms. The number of carbonyl (C=O) groups excluding carboxylic acids is 1. The molecule has 0 aromatic heterocycles. The highest BCUT2D eigenvalue weighted by atomic mass is 16.3. The molecule has 3 aliphatic rings. The quantitative estimate of drug-likeness (QED) is 0.847. The van der Waals surface area contributed by atoms with E-state index in [0.29, 0.717) is 18.0 Å². The van der Waals surface area contributed by atoms with Crippen LogP contribution >= 0.6 is 0 Å². The lowest BCUT2D eigenvalue weighted by Crippen LogP contribution is -2.58. The van der Waals surface area contributed by atoms with Gasteiger partial charge in [-0.2, -0.15) is 0 Å². The molecule has 1 aromatic carbocycles. The van der Waals surface area contributed by atoms with Gasteiger partial charge in [0.25, 0.3) is 0 Å². The summed E-state index contributed by atoms with van der Waals surface area (Å²) < 4.78 is 0. The maximum atomic E-state index is 12.3. The van der Waals surface area contributed by atoms with Crippen LogP contribution in [-0.4, -0.2) is 28.1 Å². The molecule has 1 aromatic rings. The smallest absolute Gasteiger partial charge is 0.246 e. The molecule has 3 heteroatoms. The summed E-state index contributed by atoms with van der Waals surface area (Å²) in [7, 11) is 0. The fourth-order valence-corrected chi connectivity index (χ4v) is 4.45. The molecule has 0 atom stereocenters. The van der Waals surface area contributed by atoms with Gasteiger partial charge in [0.1, 0.15) is 0 Å². The lowest BCUT2D eigenvalue weighted by molar-refractivity contribution is -0.148. The molecule has 1 spiro atoms. The average Bonchev–Trinajstić information content (AvgIpc) is 3.32. The normalized spacial score (nSPS) is 32.0. The van der Waals surface area contributed by atoms with Crippen molar-refractivity contribution in [2.24, 2.45) is 5.41 Å². The molecule has 122 valence electrons. The fourth-order valence-electron chi connectivity index (χ4n) is 4.45. The van der Waals surface area contributed by atoms with Crippen LogP contribution in [0.4, 0.5) is 0 Å². The van der Waals surface area contributed by atoms with E-state index in [1.807, 2.05) is 4.90 Å². The molecule has 3 aliphatic carbocycles. The Morgan fingerprint density at radius 1 is 1.22 bits per heavy atom. The number of hydrogen-bond donors (Lipinski definition) is 1. The zero-order valence-corrected chi connectivity index (χ0v) is 13.6. The van der Waals surface area contributed by atoms with Crippen molar-refractivity contribution in [1.82, 2.24) is 4.90 Å². The standard InChI is InChI=1S/C20H25NO2/c1-2-19(23)21(17-9-20(10-17)11-18(22)12-20)13-14-3-5-15(6-4-14)16-7-8-16/h2-6,16-18,22H,1,7-13H2. The van der Waals surface area contributed by atoms with Gasteiger partial charge >= 0.3 is 0 Å². The molecule has 0 radical (unpaired) electrons. The van der Waals surface area contributed by atoms with Crippen molar-refractivity contribution in [2.75, 3.05) is 0 Å². The number of carbonyl (C=O) groups is 1. The number of aliphatic hydroxyl groups excluding tert-OH is 1. The van der Waals surface area contributed by atoms with E-state index in [0.717, 1.165) is 31.6 Å². The maximum absolute atomic E-state index is 12.3. The Bertz CT molecular complexity index is 603. The Labute approximate surface area is 138 Å². The van der Waals surface area contributed by atoms with Crippen molar-refractivity contribution >= 4 is 5.91 Å².